The predicted molar refractivity (Wildman–Crippen MR) is 150 cm³/mol. The van der Waals surface area contributed by atoms with Gasteiger partial charge in [-0.05, 0) is 68.1 Å². The van der Waals surface area contributed by atoms with Gasteiger partial charge in [0.05, 0.1) is 18.2 Å². The van der Waals surface area contributed by atoms with Crippen molar-refractivity contribution < 1.29 is 24.2 Å². The summed E-state index contributed by atoms with van der Waals surface area (Å²) in [5.74, 6) is -0.541. The van der Waals surface area contributed by atoms with Gasteiger partial charge in [-0.1, -0.05) is 41.6 Å². The maximum absolute atomic E-state index is 14.2. The molecule has 0 aliphatic carbocycles. The Morgan fingerprint density at radius 1 is 1.18 bits per heavy atom. The largest absolute Gasteiger partial charge is 0.504 e. The summed E-state index contributed by atoms with van der Waals surface area (Å²) in [6.07, 6.45) is 1.73. The van der Waals surface area contributed by atoms with E-state index in [4.69, 9.17) is 9.47 Å². The lowest BCUT2D eigenvalue weighted by molar-refractivity contribution is -0.127. The molecule has 2 amide bonds. The fraction of sp³-hybridized carbons (Fsp3) is 0.333. The number of anilines is 1. The van der Waals surface area contributed by atoms with E-state index in [9.17, 15) is 14.7 Å². The maximum Gasteiger partial charge on any atom is 0.249 e. The van der Waals surface area contributed by atoms with Gasteiger partial charge in [-0.3, -0.25) is 14.5 Å². The van der Waals surface area contributed by atoms with Crippen LogP contribution >= 0.6 is 0 Å². The summed E-state index contributed by atoms with van der Waals surface area (Å²) >= 11 is 0. The van der Waals surface area contributed by atoms with E-state index in [1.165, 1.54) is 15.6 Å². The predicted octanol–water partition coefficient (Wildman–Crippen LogP) is 3.91. The minimum absolute atomic E-state index is 0.0491. The Morgan fingerprint density at radius 3 is 2.75 bits per heavy atom. The summed E-state index contributed by atoms with van der Waals surface area (Å²) in [4.78, 5) is 29.7. The van der Waals surface area contributed by atoms with Crippen LogP contribution in [0.3, 0.4) is 0 Å². The monoisotopic (exact) mass is 543 g/mol. The normalized spacial score (nSPS) is 15.6. The summed E-state index contributed by atoms with van der Waals surface area (Å²) in [6.45, 7) is 4.88. The number of fused-ring (bicyclic) bond motifs is 1. The molecular weight excluding hydrogens is 510 g/mol. The Hall–Kier alpha value is -4.44. The highest BCUT2D eigenvalue weighted by Crippen LogP contribution is 2.35. The number of nitrogens with one attached hydrogen (secondary N) is 1. The number of para-hydroxylation sites is 2. The van der Waals surface area contributed by atoms with Crippen LogP contribution < -0.4 is 15.0 Å². The number of phenolic OH excluding ortho intramolecular Hbond substituents is 1. The van der Waals surface area contributed by atoms with E-state index in [-0.39, 0.29) is 36.0 Å². The van der Waals surface area contributed by atoms with Crippen molar-refractivity contribution >= 4 is 28.5 Å². The molecule has 0 radical (unpaired) electrons. The summed E-state index contributed by atoms with van der Waals surface area (Å²) in [5.41, 5.74) is 3.28. The van der Waals surface area contributed by atoms with Gasteiger partial charge in [0.15, 0.2) is 11.5 Å². The smallest absolute Gasteiger partial charge is 0.249 e. The summed E-state index contributed by atoms with van der Waals surface area (Å²) in [5, 5.41) is 21.8. The van der Waals surface area contributed by atoms with E-state index < -0.39 is 6.04 Å². The molecule has 1 aliphatic heterocycles. The van der Waals surface area contributed by atoms with E-state index >= 15 is 0 Å². The number of benzene rings is 3. The van der Waals surface area contributed by atoms with E-state index in [1.54, 1.807) is 12.1 Å². The average molecular weight is 544 g/mol. The molecule has 1 fully saturated rings. The highest BCUT2D eigenvalue weighted by atomic mass is 16.5. The molecule has 1 saturated heterocycles. The summed E-state index contributed by atoms with van der Waals surface area (Å²) in [7, 11) is 0. The van der Waals surface area contributed by atoms with Crippen LogP contribution in [0.2, 0.25) is 0 Å². The molecule has 0 bridgehead atoms. The maximum atomic E-state index is 14.2. The number of hydrogen-bond acceptors (Lipinski definition) is 7. The number of ether oxygens (including phenoxy) is 2. The number of aryl methyl sites for hydroxylation is 1. The molecule has 0 spiro atoms. The Labute approximate surface area is 232 Å². The van der Waals surface area contributed by atoms with Gasteiger partial charge >= 0.3 is 0 Å². The first-order valence-corrected chi connectivity index (χ1v) is 13.5. The van der Waals surface area contributed by atoms with Gasteiger partial charge in [-0.15, -0.1) is 5.10 Å². The third-order valence-electron chi connectivity index (χ3n) is 6.98. The molecule has 2 heterocycles. The van der Waals surface area contributed by atoms with Crippen molar-refractivity contribution in [2.75, 3.05) is 24.7 Å². The summed E-state index contributed by atoms with van der Waals surface area (Å²) in [6, 6.07) is 18.5. The zero-order valence-corrected chi connectivity index (χ0v) is 22.6. The van der Waals surface area contributed by atoms with Crippen LogP contribution in [0.1, 0.15) is 36.9 Å². The molecule has 4 aromatic rings. The molecule has 1 aromatic heterocycles. The van der Waals surface area contributed by atoms with Gasteiger partial charge in [-0.25, -0.2) is 4.68 Å². The average Bonchev–Trinajstić information content (AvgIpc) is 3.63. The molecule has 0 unspecified atom stereocenters. The van der Waals surface area contributed by atoms with Crippen LogP contribution in [-0.4, -0.2) is 57.8 Å². The number of amides is 2. The van der Waals surface area contributed by atoms with Crippen molar-refractivity contribution in [3.8, 4) is 11.5 Å². The molecule has 10 nitrogen and oxygen atoms in total. The van der Waals surface area contributed by atoms with Crippen molar-refractivity contribution in [2.45, 2.75) is 45.4 Å². The van der Waals surface area contributed by atoms with Crippen LogP contribution in [-0.2, 0) is 20.9 Å². The third-order valence-corrected chi connectivity index (χ3v) is 6.98. The van der Waals surface area contributed by atoms with Gasteiger partial charge in [0.1, 0.15) is 18.1 Å². The first-order chi connectivity index (χ1) is 19.5. The van der Waals surface area contributed by atoms with Crippen molar-refractivity contribution in [2.24, 2.45) is 0 Å². The topological polar surface area (TPSA) is 119 Å². The lowest BCUT2D eigenvalue weighted by Crippen LogP contribution is -2.47. The number of carbonyl (C=O) groups excluding carboxylic acids is 2. The third kappa shape index (κ3) is 5.76. The molecule has 2 atom stereocenters. The second-order valence-corrected chi connectivity index (χ2v) is 9.73. The Bertz CT molecular complexity index is 1500. The molecule has 5 rings (SSSR count). The van der Waals surface area contributed by atoms with E-state index in [0.717, 1.165) is 18.4 Å². The fourth-order valence-corrected chi connectivity index (χ4v) is 5.00. The molecule has 208 valence electrons. The molecule has 3 aromatic carbocycles. The molecular formula is C30H33N5O5. The molecule has 1 aliphatic rings. The number of hydrogen-bond donors (Lipinski definition) is 2. The molecule has 0 saturated carbocycles. The Kier molecular flexibility index (Phi) is 8.26. The van der Waals surface area contributed by atoms with Gasteiger partial charge < -0.3 is 19.9 Å². The van der Waals surface area contributed by atoms with Crippen molar-refractivity contribution in [1.82, 2.24) is 20.3 Å². The second kappa shape index (κ2) is 12.2. The van der Waals surface area contributed by atoms with Crippen LogP contribution in [0.15, 0.2) is 66.7 Å². The van der Waals surface area contributed by atoms with E-state index in [2.05, 4.69) is 15.6 Å². The standard InChI is InChI=1S/C30H33N5O5/c1-3-39-27-17-21(14-15-26(27)36)29(30(38)31-18-22-10-8-16-40-22)35(24-12-6-4-9-20(24)2)28(37)19-34-25-13-7-5-11-23(25)32-33-34/h4-7,9,11-15,17,22,29,36H,3,8,10,16,18-19H2,1-2H3,(H,31,38)/t22-,29+/m0/s1. The zero-order valence-electron chi connectivity index (χ0n) is 22.6. The number of nitrogens with zero attached hydrogens (tertiary/aromatic N) is 4. The quantitative estimate of drug-likeness (QED) is 0.311. The number of carbonyl (C=O) groups is 2. The molecule has 2 N–H and O–H groups in total. The second-order valence-electron chi connectivity index (χ2n) is 9.73. The highest BCUT2D eigenvalue weighted by molar-refractivity contribution is 6.02. The highest BCUT2D eigenvalue weighted by Gasteiger charge is 2.35. The van der Waals surface area contributed by atoms with Crippen molar-refractivity contribution in [3.63, 3.8) is 0 Å². The fourth-order valence-electron chi connectivity index (χ4n) is 5.00. The van der Waals surface area contributed by atoms with Crippen molar-refractivity contribution in [1.29, 1.82) is 0 Å². The van der Waals surface area contributed by atoms with Gasteiger partial charge in [0.25, 0.3) is 0 Å². The number of aromatic nitrogens is 3. The van der Waals surface area contributed by atoms with Gasteiger partial charge in [0.2, 0.25) is 11.8 Å². The molecule has 40 heavy (non-hydrogen) atoms. The number of aromatic hydroxyl groups is 1. The first-order valence-electron chi connectivity index (χ1n) is 13.5. The Balaban J connectivity index is 1.58. The van der Waals surface area contributed by atoms with Crippen LogP contribution in [0, 0.1) is 6.92 Å². The molecule has 10 heteroatoms. The number of phenols is 1. The van der Waals surface area contributed by atoms with Crippen LogP contribution in [0.5, 0.6) is 11.5 Å². The number of rotatable bonds is 10. The van der Waals surface area contributed by atoms with Crippen LogP contribution in [0.25, 0.3) is 11.0 Å². The minimum atomic E-state index is -1.07. The Morgan fingerprint density at radius 2 is 1.98 bits per heavy atom. The lowest BCUT2D eigenvalue weighted by atomic mass is 10.0. The zero-order chi connectivity index (χ0) is 28.1. The van der Waals surface area contributed by atoms with Crippen molar-refractivity contribution in [3.05, 3.63) is 77.9 Å². The van der Waals surface area contributed by atoms with E-state index in [1.807, 2.05) is 62.4 Å². The SMILES string of the molecule is CCOc1cc([C@H](C(=O)NC[C@@H]2CCCO2)N(C(=O)Cn2nnc3ccccc32)c2ccccc2C)ccc1O. The van der Waals surface area contributed by atoms with E-state index in [0.29, 0.717) is 42.0 Å². The summed E-state index contributed by atoms with van der Waals surface area (Å²) < 4.78 is 12.9. The van der Waals surface area contributed by atoms with Gasteiger partial charge in [-0.2, -0.15) is 0 Å². The van der Waals surface area contributed by atoms with Crippen LogP contribution in [0.4, 0.5) is 5.69 Å². The van der Waals surface area contributed by atoms with Gasteiger partial charge in [0, 0.05) is 18.8 Å². The minimum Gasteiger partial charge on any atom is -0.504 e. The lowest BCUT2D eigenvalue weighted by Gasteiger charge is -2.33. The first kappa shape index (κ1) is 27.1.